The van der Waals surface area contributed by atoms with Gasteiger partial charge < -0.3 is 9.47 Å². The predicted molar refractivity (Wildman–Crippen MR) is 72.2 cm³/mol. The third kappa shape index (κ3) is 6.15. The molecule has 0 radical (unpaired) electrons. The normalized spacial score (nSPS) is 10.2. The molecule has 0 amide bonds. The van der Waals surface area contributed by atoms with Crippen LogP contribution in [0.1, 0.15) is 36.2 Å². The highest BCUT2D eigenvalue weighted by Gasteiger charge is 2.06. The average molecular weight is 264 g/mol. The molecule has 104 valence electrons. The van der Waals surface area contributed by atoms with Crippen LogP contribution in [0.3, 0.4) is 0 Å². The number of carbonyl (C=O) groups excluding carboxylic acids is 2. The lowest BCUT2D eigenvalue weighted by Crippen LogP contribution is -2.12. The molecule has 0 atom stereocenters. The van der Waals surface area contributed by atoms with Crippen molar-refractivity contribution in [2.75, 3.05) is 19.8 Å². The van der Waals surface area contributed by atoms with Gasteiger partial charge in [-0.3, -0.25) is 4.79 Å². The fourth-order valence-corrected chi connectivity index (χ4v) is 1.47. The van der Waals surface area contributed by atoms with Crippen LogP contribution in [0.25, 0.3) is 0 Å². The van der Waals surface area contributed by atoms with Crippen molar-refractivity contribution in [1.29, 1.82) is 0 Å². The molecular weight excluding hydrogens is 244 g/mol. The number of esters is 1. The van der Waals surface area contributed by atoms with E-state index in [9.17, 15) is 9.59 Å². The van der Waals surface area contributed by atoms with E-state index in [-0.39, 0.29) is 18.4 Å². The fraction of sp³-hybridized carbons (Fsp3) is 0.467. The number of ketones is 1. The molecule has 0 aromatic heterocycles. The summed E-state index contributed by atoms with van der Waals surface area (Å²) in [6, 6.07) is 7.36. The van der Waals surface area contributed by atoms with Crippen molar-refractivity contribution in [3.8, 4) is 0 Å². The Balaban J connectivity index is 2.21. The second-order valence-electron chi connectivity index (χ2n) is 4.25. The minimum atomic E-state index is -0.349. The van der Waals surface area contributed by atoms with Crippen molar-refractivity contribution in [3.63, 3.8) is 0 Å². The summed E-state index contributed by atoms with van der Waals surface area (Å²) in [7, 11) is 0. The van der Waals surface area contributed by atoms with Crippen LogP contribution in [0.2, 0.25) is 0 Å². The zero-order valence-corrected chi connectivity index (χ0v) is 11.5. The first-order chi connectivity index (χ1) is 9.13. The number of benzene rings is 1. The Kier molecular flexibility index (Phi) is 6.82. The van der Waals surface area contributed by atoms with E-state index in [2.05, 4.69) is 6.92 Å². The Morgan fingerprint density at radius 3 is 2.32 bits per heavy atom. The summed E-state index contributed by atoms with van der Waals surface area (Å²) >= 11 is 0. The van der Waals surface area contributed by atoms with Gasteiger partial charge in [0.15, 0.2) is 0 Å². The quantitative estimate of drug-likeness (QED) is 0.534. The molecule has 19 heavy (non-hydrogen) atoms. The molecule has 1 rings (SSSR count). The first-order valence-electron chi connectivity index (χ1n) is 6.46. The number of carbonyl (C=O) groups is 2. The summed E-state index contributed by atoms with van der Waals surface area (Å²) in [5.74, 6) is -0.258. The molecule has 0 saturated heterocycles. The molecule has 0 spiro atoms. The lowest BCUT2D eigenvalue weighted by atomic mass is 10.1. The van der Waals surface area contributed by atoms with Crippen molar-refractivity contribution < 1.29 is 19.1 Å². The van der Waals surface area contributed by atoms with E-state index in [4.69, 9.17) is 9.47 Å². The zero-order valence-electron chi connectivity index (χ0n) is 11.5. The zero-order chi connectivity index (χ0) is 14.1. The molecule has 0 unspecified atom stereocenters. The van der Waals surface area contributed by atoms with E-state index in [1.807, 2.05) is 12.1 Å². The van der Waals surface area contributed by atoms with Crippen LogP contribution in [0.4, 0.5) is 0 Å². The molecule has 0 heterocycles. The molecular formula is C15H20O4. The minimum Gasteiger partial charge on any atom is -0.460 e. The number of hydrogen-bond acceptors (Lipinski definition) is 4. The van der Waals surface area contributed by atoms with Crippen LogP contribution < -0.4 is 0 Å². The number of ether oxygens (including phenoxy) is 2. The van der Waals surface area contributed by atoms with E-state index in [1.165, 1.54) is 12.5 Å². The first-order valence-corrected chi connectivity index (χ1v) is 6.46. The van der Waals surface area contributed by atoms with Gasteiger partial charge in [-0.1, -0.05) is 19.1 Å². The van der Waals surface area contributed by atoms with Crippen LogP contribution in [-0.4, -0.2) is 31.6 Å². The molecule has 0 fully saturated rings. The van der Waals surface area contributed by atoms with Gasteiger partial charge in [0.1, 0.15) is 12.4 Å². The second-order valence-corrected chi connectivity index (χ2v) is 4.25. The average Bonchev–Trinajstić information content (AvgIpc) is 2.42. The largest absolute Gasteiger partial charge is 0.460 e. The third-order valence-corrected chi connectivity index (χ3v) is 2.66. The number of aryl methyl sites for hydroxylation is 1. The molecule has 1 aromatic carbocycles. The van der Waals surface area contributed by atoms with E-state index >= 15 is 0 Å². The molecule has 0 aliphatic carbocycles. The molecule has 1 aromatic rings. The highest BCUT2D eigenvalue weighted by molar-refractivity contribution is 5.89. The van der Waals surface area contributed by atoms with Crippen molar-refractivity contribution in [1.82, 2.24) is 0 Å². The number of Topliss-reactive ketones (excluding diaryl/α,β-unsaturated/α-hetero) is 1. The van der Waals surface area contributed by atoms with E-state index in [0.717, 1.165) is 6.42 Å². The van der Waals surface area contributed by atoms with Crippen molar-refractivity contribution in [3.05, 3.63) is 35.4 Å². The molecule has 4 heteroatoms. The Labute approximate surface area is 113 Å². The Morgan fingerprint density at radius 1 is 1.05 bits per heavy atom. The van der Waals surface area contributed by atoms with Gasteiger partial charge in [0, 0.05) is 6.42 Å². The fourth-order valence-electron chi connectivity index (χ4n) is 1.47. The van der Waals surface area contributed by atoms with E-state index in [1.54, 1.807) is 12.1 Å². The number of rotatable bonds is 8. The maximum atomic E-state index is 11.7. The van der Waals surface area contributed by atoms with Crippen LogP contribution in [0, 0.1) is 0 Å². The summed E-state index contributed by atoms with van der Waals surface area (Å²) < 4.78 is 10.2. The standard InChI is InChI=1S/C15H20O4/c1-3-13-4-6-14(7-5-13)15(17)19-11-10-18-9-8-12(2)16/h4-7H,3,8-11H2,1-2H3. The van der Waals surface area contributed by atoms with Crippen molar-refractivity contribution >= 4 is 11.8 Å². The third-order valence-electron chi connectivity index (χ3n) is 2.66. The molecule has 0 aliphatic rings. The van der Waals surface area contributed by atoms with Gasteiger partial charge in [-0.05, 0) is 31.0 Å². The Bertz CT molecular complexity index is 409. The maximum Gasteiger partial charge on any atom is 0.338 e. The predicted octanol–water partition coefficient (Wildman–Crippen LogP) is 2.40. The van der Waals surface area contributed by atoms with Gasteiger partial charge in [0.05, 0.1) is 18.8 Å². The van der Waals surface area contributed by atoms with Crippen LogP contribution in [0.5, 0.6) is 0 Å². The van der Waals surface area contributed by atoms with Crippen molar-refractivity contribution in [2.45, 2.75) is 26.7 Å². The summed E-state index contributed by atoms with van der Waals surface area (Å²) in [4.78, 5) is 22.3. The smallest absolute Gasteiger partial charge is 0.338 e. The lowest BCUT2D eigenvalue weighted by molar-refractivity contribution is -0.118. The highest BCUT2D eigenvalue weighted by Crippen LogP contribution is 2.06. The number of hydrogen-bond donors (Lipinski definition) is 0. The monoisotopic (exact) mass is 264 g/mol. The summed E-state index contributed by atoms with van der Waals surface area (Å²) in [6.07, 6.45) is 1.34. The maximum absolute atomic E-state index is 11.7. The molecule has 0 N–H and O–H groups in total. The van der Waals surface area contributed by atoms with E-state index in [0.29, 0.717) is 25.2 Å². The molecule has 0 aliphatic heterocycles. The Morgan fingerprint density at radius 2 is 1.74 bits per heavy atom. The van der Waals surface area contributed by atoms with Gasteiger partial charge in [0.2, 0.25) is 0 Å². The molecule has 0 saturated carbocycles. The van der Waals surface area contributed by atoms with Crippen LogP contribution >= 0.6 is 0 Å². The van der Waals surface area contributed by atoms with Gasteiger partial charge in [0.25, 0.3) is 0 Å². The molecule has 0 bridgehead atoms. The van der Waals surface area contributed by atoms with E-state index < -0.39 is 0 Å². The second kappa shape index (κ2) is 8.43. The van der Waals surface area contributed by atoms with Gasteiger partial charge in [-0.25, -0.2) is 4.79 Å². The first kappa shape index (κ1) is 15.4. The Hall–Kier alpha value is -1.68. The summed E-state index contributed by atoms with van der Waals surface area (Å²) in [5.41, 5.74) is 1.73. The SMILES string of the molecule is CCc1ccc(C(=O)OCCOCCC(C)=O)cc1. The minimum absolute atomic E-state index is 0.0907. The highest BCUT2D eigenvalue weighted by atomic mass is 16.6. The van der Waals surface area contributed by atoms with Gasteiger partial charge in [-0.15, -0.1) is 0 Å². The topological polar surface area (TPSA) is 52.6 Å². The van der Waals surface area contributed by atoms with Crippen LogP contribution in [-0.2, 0) is 20.7 Å². The lowest BCUT2D eigenvalue weighted by Gasteiger charge is -2.06. The van der Waals surface area contributed by atoms with Gasteiger partial charge >= 0.3 is 5.97 Å². The van der Waals surface area contributed by atoms with Gasteiger partial charge in [-0.2, -0.15) is 0 Å². The van der Waals surface area contributed by atoms with Crippen LogP contribution in [0.15, 0.2) is 24.3 Å². The summed E-state index contributed by atoms with van der Waals surface area (Å²) in [6.45, 7) is 4.46. The summed E-state index contributed by atoms with van der Waals surface area (Å²) in [5, 5.41) is 0. The van der Waals surface area contributed by atoms with Crippen molar-refractivity contribution in [2.24, 2.45) is 0 Å². The molecule has 4 nitrogen and oxygen atoms in total.